The van der Waals surface area contributed by atoms with Crippen molar-refractivity contribution >= 4 is 46.3 Å². The number of halogens is 2. The zero-order valence-corrected chi connectivity index (χ0v) is 17.2. The Morgan fingerprint density at radius 3 is 2.68 bits per heavy atom. The summed E-state index contributed by atoms with van der Waals surface area (Å²) >= 11 is 6.51. The standard InChI is InChI=1S/C21H12ClFN2O5S/c22-15-9-12(5-7-16(15)23)18-8-6-14(30-18)10-19-20(26)24(21(27)31-19)11-13-3-1-2-4-17(13)25(28)29/h1-10H,11H2/b19-10-. The minimum atomic E-state index is -0.573. The molecular weight excluding hydrogens is 447 g/mol. The number of nitrogens with zero attached hydrogens (tertiary/aromatic N) is 2. The SMILES string of the molecule is O=C1S/C(=C\c2ccc(-c3ccc(F)c(Cl)c3)o2)C(=O)N1Cc1ccccc1[N+](=O)[O-]. The van der Waals surface area contributed by atoms with E-state index in [2.05, 4.69) is 0 Å². The summed E-state index contributed by atoms with van der Waals surface area (Å²) in [7, 11) is 0. The van der Waals surface area contributed by atoms with Crippen LogP contribution in [0.1, 0.15) is 11.3 Å². The Balaban J connectivity index is 1.56. The van der Waals surface area contributed by atoms with Crippen molar-refractivity contribution in [3.63, 3.8) is 0 Å². The molecule has 2 amide bonds. The van der Waals surface area contributed by atoms with Crippen molar-refractivity contribution < 1.29 is 23.3 Å². The van der Waals surface area contributed by atoms with E-state index in [4.69, 9.17) is 16.0 Å². The number of amides is 2. The van der Waals surface area contributed by atoms with E-state index < -0.39 is 21.9 Å². The third-order valence-corrected chi connectivity index (χ3v) is 5.69. The summed E-state index contributed by atoms with van der Waals surface area (Å²) in [5.41, 5.74) is 0.638. The van der Waals surface area contributed by atoms with Gasteiger partial charge in [-0.05, 0) is 42.1 Å². The molecule has 0 unspecified atom stereocenters. The van der Waals surface area contributed by atoms with Crippen LogP contribution in [0.4, 0.5) is 14.9 Å². The molecule has 4 rings (SSSR count). The number of benzene rings is 2. The Hall–Kier alpha value is -3.43. The van der Waals surface area contributed by atoms with Crippen LogP contribution in [0.3, 0.4) is 0 Å². The van der Waals surface area contributed by atoms with Gasteiger partial charge in [0.1, 0.15) is 17.3 Å². The molecule has 1 saturated heterocycles. The summed E-state index contributed by atoms with van der Waals surface area (Å²) < 4.78 is 19.0. The van der Waals surface area contributed by atoms with Crippen LogP contribution in [0.5, 0.6) is 0 Å². The van der Waals surface area contributed by atoms with Crippen molar-refractivity contribution in [2.45, 2.75) is 6.54 Å². The zero-order chi connectivity index (χ0) is 22.1. The van der Waals surface area contributed by atoms with Gasteiger partial charge >= 0.3 is 0 Å². The largest absolute Gasteiger partial charge is 0.457 e. The summed E-state index contributed by atoms with van der Waals surface area (Å²) in [5.74, 6) is -0.403. The first-order chi connectivity index (χ1) is 14.8. The number of nitro groups is 1. The van der Waals surface area contributed by atoms with Gasteiger partial charge in [0, 0.05) is 23.3 Å². The van der Waals surface area contributed by atoms with Gasteiger partial charge in [0.15, 0.2) is 0 Å². The fraction of sp³-hybridized carbons (Fsp3) is 0.0476. The molecule has 1 aliphatic rings. The van der Waals surface area contributed by atoms with E-state index >= 15 is 0 Å². The highest BCUT2D eigenvalue weighted by Gasteiger charge is 2.36. The molecule has 0 bridgehead atoms. The number of imide groups is 1. The van der Waals surface area contributed by atoms with Crippen molar-refractivity contribution in [1.29, 1.82) is 0 Å². The number of nitro benzene ring substituents is 1. The van der Waals surface area contributed by atoms with Gasteiger partial charge < -0.3 is 4.42 Å². The van der Waals surface area contributed by atoms with Gasteiger partial charge in [0.25, 0.3) is 16.8 Å². The summed E-state index contributed by atoms with van der Waals surface area (Å²) in [5, 5.41) is 10.6. The maximum absolute atomic E-state index is 13.3. The molecule has 1 aromatic heterocycles. The van der Waals surface area contributed by atoms with Crippen LogP contribution in [-0.4, -0.2) is 21.0 Å². The summed E-state index contributed by atoms with van der Waals surface area (Å²) in [6.45, 7) is -0.212. The molecule has 0 atom stereocenters. The van der Waals surface area contributed by atoms with E-state index in [-0.39, 0.29) is 27.7 Å². The van der Waals surface area contributed by atoms with Crippen molar-refractivity contribution in [1.82, 2.24) is 4.90 Å². The predicted molar refractivity (Wildman–Crippen MR) is 114 cm³/mol. The summed E-state index contributed by atoms with van der Waals surface area (Å²) in [4.78, 5) is 36.7. The topological polar surface area (TPSA) is 93.7 Å². The van der Waals surface area contributed by atoms with E-state index in [1.165, 1.54) is 42.5 Å². The molecule has 7 nitrogen and oxygen atoms in total. The molecule has 3 aromatic rings. The highest BCUT2D eigenvalue weighted by atomic mass is 35.5. The van der Waals surface area contributed by atoms with Crippen LogP contribution in [-0.2, 0) is 11.3 Å². The average molecular weight is 459 g/mol. The quantitative estimate of drug-likeness (QED) is 0.269. The molecule has 0 aliphatic carbocycles. The van der Waals surface area contributed by atoms with E-state index in [0.29, 0.717) is 17.1 Å². The highest BCUT2D eigenvalue weighted by molar-refractivity contribution is 8.18. The molecule has 0 spiro atoms. The van der Waals surface area contributed by atoms with Crippen LogP contribution in [0, 0.1) is 15.9 Å². The molecule has 10 heteroatoms. The number of thioether (sulfide) groups is 1. The molecule has 2 aromatic carbocycles. The fourth-order valence-electron chi connectivity index (χ4n) is 2.99. The van der Waals surface area contributed by atoms with E-state index in [1.54, 1.807) is 18.2 Å². The van der Waals surface area contributed by atoms with Gasteiger partial charge in [-0.3, -0.25) is 24.6 Å². The Morgan fingerprint density at radius 2 is 1.94 bits per heavy atom. The second-order valence-corrected chi connectivity index (χ2v) is 7.88. The van der Waals surface area contributed by atoms with Crippen LogP contribution >= 0.6 is 23.4 Å². The van der Waals surface area contributed by atoms with Gasteiger partial charge in [-0.25, -0.2) is 4.39 Å². The van der Waals surface area contributed by atoms with Crippen LogP contribution in [0.25, 0.3) is 17.4 Å². The smallest absolute Gasteiger partial charge is 0.293 e. The molecule has 2 heterocycles. The lowest BCUT2D eigenvalue weighted by Gasteiger charge is -2.12. The van der Waals surface area contributed by atoms with Gasteiger partial charge in [-0.15, -0.1) is 0 Å². The zero-order valence-electron chi connectivity index (χ0n) is 15.6. The van der Waals surface area contributed by atoms with E-state index in [9.17, 15) is 24.1 Å². The normalized spacial score (nSPS) is 15.2. The van der Waals surface area contributed by atoms with Gasteiger partial charge in [0.2, 0.25) is 0 Å². The van der Waals surface area contributed by atoms with Gasteiger partial charge in [0.05, 0.1) is 21.4 Å². The minimum Gasteiger partial charge on any atom is -0.457 e. The lowest BCUT2D eigenvalue weighted by Crippen LogP contribution is -2.27. The Kier molecular flexibility index (Phi) is 5.62. The Labute approximate surface area is 184 Å². The molecular formula is C21H12ClFN2O5S. The van der Waals surface area contributed by atoms with Crippen LogP contribution < -0.4 is 0 Å². The summed E-state index contributed by atoms with van der Waals surface area (Å²) in [6, 6.07) is 13.3. The second kappa shape index (κ2) is 8.37. The van der Waals surface area contributed by atoms with E-state index in [0.717, 1.165) is 16.7 Å². The number of para-hydroxylation sites is 1. The molecule has 31 heavy (non-hydrogen) atoms. The first kappa shape index (κ1) is 20.8. The number of carbonyl (C=O) groups excluding carboxylic acids is 2. The van der Waals surface area contributed by atoms with Gasteiger partial charge in [-0.2, -0.15) is 0 Å². The van der Waals surface area contributed by atoms with Crippen LogP contribution in [0.15, 0.2) is 63.9 Å². The first-order valence-corrected chi connectivity index (χ1v) is 10.1. The number of furan rings is 1. The lowest BCUT2D eigenvalue weighted by atomic mass is 10.1. The van der Waals surface area contributed by atoms with Crippen molar-refractivity contribution in [3.05, 3.63) is 91.8 Å². The fourth-order valence-corrected chi connectivity index (χ4v) is 3.99. The minimum absolute atomic E-state index is 0.0495. The van der Waals surface area contributed by atoms with Gasteiger partial charge in [-0.1, -0.05) is 29.8 Å². The molecule has 156 valence electrons. The second-order valence-electron chi connectivity index (χ2n) is 6.48. The predicted octanol–water partition coefficient (Wildman–Crippen LogP) is 5.88. The number of rotatable bonds is 5. The van der Waals surface area contributed by atoms with Crippen LogP contribution in [0.2, 0.25) is 5.02 Å². The van der Waals surface area contributed by atoms with Crippen molar-refractivity contribution in [2.24, 2.45) is 0 Å². The molecule has 0 saturated carbocycles. The average Bonchev–Trinajstić information content (AvgIpc) is 3.31. The molecule has 0 radical (unpaired) electrons. The number of hydrogen-bond acceptors (Lipinski definition) is 6. The highest BCUT2D eigenvalue weighted by Crippen LogP contribution is 2.35. The summed E-state index contributed by atoms with van der Waals surface area (Å²) in [6.07, 6.45) is 1.42. The molecule has 0 N–H and O–H groups in total. The lowest BCUT2D eigenvalue weighted by molar-refractivity contribution is -0.385. The third kappa shape index (κ3) is 4.23. The monoisotopic (exact) mass is 458 g/mol. The number of hydrogen-bond donors (Lipinski definition) is 0. The molecule has 1 aliphatic heterocycles. The first-order valence-electron chi connectivity index (χ1n) is 8.86. The maximum Gasteiger partial charge on any atom is 0.293 e. The molecule has 1 fully saturated rings. The Morgan fingerprint density at radius 1 is 1.16 bits per heavy atom. The maximum atomic E-state index is 13.3. The third-order valence-electron chi connectivity index (χ3n) is 4.49. The van der Waals surface area contributed by atoms with E-state index in [1.807, 2.05) is 0 Å². The van der Waals surface area contributed by atoms with Crippen molar-refractivity contribution in [3.8, 4) is 11.3 Å². The van der Waals surface area contributed by atoms with Crippen molar-refractivity contribution in [2.75, 3.05) is 0 Å². The Bertz CT molecular complexity index is 1260. The number of carbonyl (C=O) groups is 2.